The number of benzene rings is 1. The Morgan fingerprint density at radius 2 is 2.09 bits per heavy atom. The second kappa shape index (κ2) is 8.59. The lowest BCUT2D eigenvalue weighted by Crippen LogP contribution is -2.23. The Balaban J connectivity index is 1.41. The summed E-state index contributed by atoms with van der Waals surface area (Å²) in [5.41, 5.74) is 5.63. The van der Waals surface area contributed by atoms with E-state index < -0.39 is 0 Å². The maximum atomic E-state index is 5.41. The number of likely N-dealkylation sites (tertiary alicyclic amines) is 1. The van der Waals surface area contributed by atoms with Gasteiger partial charge in [0.15, 0.2) is 0 Å². The maximum absolute atomic E-state index is 5.41. The van der Waals surface area contributed by atoms with Crippen molar-refractivity contribution in [1.29, 1.82) is 0 Å². The van der Waals surface area contributed by atoms with Gasteiger partial charge in [-0.15, -0.1) is 0 Å². The molecule has 32 heavy (non-hydrogen) atoms. The molecule has 164 valence electrons. The highest BCUT2D eigenvalue weighted by atomic mass is 16.5. The molecule has 1 aliphatic heterocycles. The molecule has 1 aromatic carbocycles. The molecule has 1 atom stereocenters. The fourth-order valence-corrected chi connectivity index (χ4v) is 4.72. The molecule has 3 aromatic heterocycles. The molecule has 4 heterocycles. The lowest BCUT2D eigenvalue weighted by Gasteiger charge is -2.24. The summed E-state index contributed by atoms with van der Waals surface area (Å²) in [6, 6.07) is 10.8. The van der Waals surface area contributed by atoms with E-state index in [2.05, 4.69) is 62.3 Å². The molecule has 0 aliphatic carbocycles. The summed E-state index contributed by atoms with van der Waals surface area (Å²) >= 11 is 0. The van der Waals surface area contributed by atoms with E-state index in [1.807, 2.05) is 13.0 Å². The number of aryl methyl sites for hydroxylation is 2. The van der Waals surface area contributed by atoms with E-state index in [1.54, 1.807) is 25.7 Å². The Morgan fingerprint density at radius 3 is 2.91 bits per heavy atom. The highest BCUT2D eigenvalue weighted by molar-refractivity contribution is 5.85. The third-order valence-corrected chi connectivity index (χ3v) is 6.17. The molecule has 1 unspecified atom stereocenters. The highest BCUT2D eigenvalue weighted by Gasteiger charge is 2.28. The predicted octanol–water partition coefficient (Wildman–Crippen LogP) is 4.76. The van der Waals surface area contributed by atoms with Gasteiger partial charge in [-0.25, -0.2) is 4.98 Å². The third-order valence-electron chi connectivity index (χ3n) is 6.17. The first-order chi connectivity index (χ1) is 15.6. The molecular weight excluding hydrogens is 400 g/mol. The number of rotatable bonds is 6. The lowest BCUT2D eigenvalue weighted by atomic mass is 10.1. The Bertz CT molecular complexity index is 1240. The molecule has 1 aliphatic rings. The molecule has 0 bridgehead atoms. The number of hydrogen-bond donors (Lipinski definition) is 1. The van der Waals surface area contributed by atoms with Gasteiger partial charge in [-0.2, -0.15) is 0 Å². The number of fused-ring (bicyclic) bond motifs is 1. The van der Waals surface area contributed by atoms with Gasteiger partial charge in [0.05, 0.1) is 30.6 Å². The van der Waals surface area contributed by atoms with Crippen LogP contribution < -0.4 is 10.1 Å². The number of aromatic nitrogens is 4. The molecule has 0 amide bonds. The van der Waals surface area contributed by atoms with Crippen molar-refractivity contribution in [3.63, 3.8) is 0 Å². The summed E-state index contributed by atoms with van der Waals surface area (Å²) in [7, 11) is 3.81. The first-order valence-electron chi connectivity index (χ1n) is 11.0. The zero-order valence-corrected chi connectivity index (χ0v) is 18.7. The molecule has 1 saturated heterocycles. The van der Waals surface area contributed by atoms with Gasteiger partial charge in [-0.1, -0.05) is 0 Å². The van der Waals surface area contributed by atoms with E-state index in [0.29, 0.717) is 6.04 Å². The lowest BCUT2D eigenvalue weighted by molar-refractivity contribution is 0.245. The molecular formula is C25H28N6O. The van der Waals surface area contributed by atoms with Crippen molar-refractivity contribution in [3.8, 4) is 5.75 Å². The Labute approximate surface area is 188 Å². The molecule has 1 N–H and O–H groups in total. The number of methoxy groups -OCH3 is 1. The minimum atomic E-state index is 0.297. The number of ether oxygens (including phenoxy) is 1. The fourth-order valence-electron chi connectivity index (χ4n) is 4.72. The third kappa shape index (κ3) is 4.03. The molecule has 7 heteroatoms. The van der Waals surface area contributed by atoms with E-state index >= 15 is 0 Å². The van der Waals surface area contributed by atoms with Gasteiger partial charge < -0.3 is 14.6 Å². The van der Waals surface area contributed by atoms with Crippen molar-refractivity contribution in [2.24, 2.45) is 7.05 Å². The van der Waals surface area contributed by atoms with Crippen molar-refractivity contribution in [1.82, 2.24) is 24.4 Å². The van der Waals surface area contributed by atoms with Crippen LogP contribution in [0.3, 0.4) is 0 Å². The number of anilines is 2. The minimum absolute atomic E-state index is 0.297. The van der Waals surface area contributed by atoms with Crippen LogP contribution in [0.2, 0.25) is 0 Å². The van der Waals surface area contributed by atoms with Gasteiger partial charge in [0.25, 0.3) is 0 Å². The maximum Gasteiger partial charge on any atom is 0.148 e. The zero-order valence-electron chi connectivity index (χ0n) is 18.7. The number of nitrogens with zero attached hydrogens (tertiary/aromatic N) is 5. The van der Waals surface area contributed by atoms with Gasteiger partial charge in [0.1, 0.15) is 11.6 Å². The number of hydrogen-bond acceptors (Lipinski definition) is 6. The average Bonchev–Trinajstić information content (AvgIpc) is 3.38. The van der Waals surface area contributed by atoms with Crippen LogP contribution in [0.15, 0.2) is 55.1 Å². The number of nitrogens with one attached hydrogen (secondary N) is 1. The van der Waals surface area contributed by atoms with Crippen molar-refractivity contribution in [3.05, 3.63) is 72.1 Å². The van der Waals surface area contributed by atoms with Gasteiger partial charge in [0.2, 0.25) is 0 Å². The van der Waals surface area contributed by atoms with Crippen LogP contribution in [0.25, 0.3) is 10.9 Å². The monoisotopic (exact) mass is 428 g/mol. The summed E-state index contributed by atoms with van der Waals surface area (Å²) in [5, 5.41) is 4.64. The first-order valence-corrected chi connectivity index (χ1v) is 11.0. The van der Waals surface area contributed by atoms with Crippen molar-refractivity contribution in [2.75, 3.05) is 19.0 Å². The average molecular weight is 429 g/mol. The molecule has 0 radical (unpaired) electrons. The van der Waals surface area contributed by atoms with Crippen molar-refractivity contribution < 1.29 is 4.74 Å². The number of pyridine rings is 1. The van der Waals surface area contributed by atoms with E-state index in [9.17, 15) is 0 Å². The molecule has 4 aromatic rings. The molecule has 7 nitrogen and oxygen atoms in total. The van der Waals surface area contributed by atoms with E-state index in [0.717, 1.165) is 48.2 Å². The highest BCUT2D eigenvalue weighted by Crippen LogP contribution is 2.35. The SMILES string of the molecule is COc1ccc2c(CN3CCCC3c3cc(Nc4cnccn4)cc(C)n3)cn(C)c2c1. The quantitative estimate of drug-likeness (QED) is 0.478. The summed E-state index contributed by atoms with van der Waals surface area (Å²) in [4.78, 5) is 15.9. The van der Waals surface area contributed by atoms with E-state index in [1.165, 1.54) is 22.9 Å². The summed E-state index contributed by atoms with van der Waals surface area (Å²) < 4.78 is 7.60. The van der Waals surface area contributed by atoms with Crippen LogP contribution >= 0.6 is 0 Å². The minimum Gasteiger partial charge on any atom is -0.497 e. The van der Waals surface area contributed by atoms with Crippen molar-refractivity contribution >= 4 is 22.4 Å². The fraction of sp³-hybridized carbons (Fsp3) is 0.320. The van der Waals surface area contributed by atoms with Gasteiger partial charge in [-0.3, -0.25) is 14.9 Å². The van der Waals surface area contributed by atoms with E-state index in [4.69, 9.17) is 9.72 Å². The molecule has 5 rings (SSSR count). The molecule has 1 fully saturated rings. The first kappa shape index (κ1) is 20.5. The van der Waals surface area contributed by atoms with Crippen LogP contribution in [0, 0.1) is 6.92 Å². The summed E-state index contributed by atoms with van der Waals surface area (Å²) in [6.07, 6.45) is 9.62. The second-order valence-corrected chi connectivity index (χ2v) is 8.41. The topological polar surface area (TPSA) is 68.1 Å². The van der Waals surface area contributed by atoms with Crippen LogP contribution in [0.4, 0.5) is 11.5 Å². The van der Waals surface area contributed by atoms with Crippen LogP contribution in [-0.4, -0.2) is 38.1 Å². The van der Waals surface area contributed by atoms with Crippen LogP contribution in [0.1, 0.15) is 35.8 Å². The molecule has 0 saturated carbocycles. The Morgan fingerprint density at radius 1 is 1.19 bits per heavy atom. The second-order valence-electron chi connectivity index (χ2n) is 8.41. The standard InChI is InChI=1S/C25H28N6O/c1-17-11-19(29-25-14-26-8-9-27-25)12-22(28-17)23-5-4-10-31(23)16-18-15-30(2)24-13-20(32-3)6-7-21(18)24/h6-9,11-15,23H,4-5,10,16H2,1-3H3,(H,27,28,29). The zero-order chi connectivity index (χ0) is 22.1. The van der Waals surface area contributed by atoms with Crippen LogP contribution in [-0.2, 0) is 13.6 Å². The Hall–Kier alpha value is -3.45. The van der Waals surface area contributed by atoms with Gasteiger partial charge >= 0.3 is 0 Å². The normalized spacial score (nSPS) is 16.5. The van der Waals surface area contributed by atoms with Crippen LogP contribution in [0.5, 0.6) is 5.75 Å². The summed E-state index contributed by atoms with van der Waals surface area (Å²) in [6.45, 7) is 4.01. The Kier molecular flexibility index (Phi) is 5.49. The van der Waals surface area contributed by atoms with Gasteiger partial charge in [-0.05, 0) is 56.1 Å². The predicted molar refractivity (Wildman–Crippen MR) is 126 cm³/mol. The smallest absolute Gasteiger partial charge is 0.148 e. The molecule has 0 spiro atoms. The summed E-state index contributed by atoms with van der Waals surface area (Å²) in [5.74, 6) is 1.62. The van der Waals surface area contributed by atoms with Gasteiger partial charge in [0, 0.05) is 55.0 Å². The van der Waals surface area contributed by atoms with E-state index in [-0.39, 0.29) is 0 Å². The largest absolute Gasteiger partial charge is 0.497 e. The van der Waals surface area contributed by atoms with Crippen molar-refractivity contribution in [2.45, 2.75) is 32.4 Å².